The van der Waals surface area contributed by atoms with E-state index in [1.54, 1.807) is 18.0 Å². The van der Waals surface area contributed by atoms with Crippen LogP contribution in [0.3, 0.4) is 0 Å². The van der Waals surface area contributed by atoms with Crippen LogP contribution in [0.4, 0.5) is 5.95 Å². The summed E-state index contributed by atoms with van der Waals surface area (Å²) in [7, 11) is 1.83. The zero-order valence-electron chi connectivity index (χ0n) is 8.08. The van der Waals surface area contributed by atoms with Crippen LogP contribution in [0.2, 0.25) is 0 Å². The van der Waals surface area contributed by atoms with Crippen molar-refractivity contribution in [2.45, 2.75) is 24.8 Å². The number of hydrogen-bond acceptors (Lipinski definition) is 4. The van der Waals surface area contributed by atoms with Crippen molar-refractivity contribution in [2.75, 3.05) is 18.1 Å². The van der Waals surface area contributed by atoms with Gasteiger partial charge in [0.25, 0.3) is 0 Å². The summed E-state index contributed by atoms with van der Waals surface area (Å²) in [6.07, 6.45) is 4.26. The van der Waals surface area contributed by atoms with Crippen LogP contribution in [0, 0.1) is 0 Å². The van der Waals surface area contributed by atoms with Gasteiger partial charge in [0.1, 0.15) is 5.03 Å². The molecule has 13 heavy (non-hydrogen) atoms. The fraction of sp³-hybridized carbons (Fsp3) is 0.556. The van der Waals surface area contributed by atoms with Gasteiger partial charge in [0.15, 0.2) is 0 Å². The summed E-state index contributed by atoms with van der Waals surface area (Å²) >= 11 is 1.78. The van der Waals surface area contributed by atoms with Gasteiger partial charge in [0.05, 0.1) is 0 Å². The Bertz CT molecular complexity index is 252. The van der Waals surface area contributed by atoms with Crippen LogP contribution < -0.4 is 5.32 Å². The molecule has 0 amide bonds. The molecular formula is C9H15N3S. The summed E-state index contributed by atoms with van der Waals surface area (Å²) in [5, 5.41) is 3.97. The van der Waals surface area contributed by atoms with Gasteiger partial charge in [-0.05, 0) is 18.2 Å². The lowest BCUT2D eigenvalue weighted by atomic mass is 10.4. The summed E-state index contributed by atoms with van der Waals surface area (Å²) in [5.74, 6) is 1.83. The van der Waals surface area contributed by atoms with E-state index in [1.807, 2.05) is 13.1 Å². The van der Waals surface area contributed by atoms with Crippen molar-refractivity contribution in [1.82, 2.24) is 9.97 Å². The van der Waals surface area contributed by atoms with E-state index in [9.17, 15) is 0 Å². The molecule has 0 radical (unpaired) electrons. The molecule has 0 saturated heterocycles. The molecule has 3 nitrogen and oxygen atoms in total. The monoisotopic (exact) mass is 197 g/mol. The Hall–Kier alpha value is -0.770. The Kier molecular flexibility index (Phi) is 4.60. The highest BCUT2D eigenvalue weighted by Crippen LogP contribution is 2.16. The van der Waals surface area contributed by atoms with E-state index in [0.29, 0.717) is 5.95 Å². The van der Waals surface area contributed by atoms with Crippen LogP contribution in [0.15, 0.2) is 17.3 Å². The van der Waals surface area contributed by atoms with E-state index in [-0.39, 0.29) is 0 Å². The fourth-order valence-corrected chi connectivity index (χ4v) is 1.81. The second-order valence-electron chi connectivity index (χ2n) is 2.67. The predicted octanol–water partition coefficient (Wildman–Crippen LogP) is 2.41. The third-order valence-electron chi connectivity index (χ3n) is 1.60. The molecule has 0 saturated carbocycles. The van der Waals surface area contributed by atoms with Gasteiger partial charge in [0, 0.05) is 13.2 Å². The molecule has 0 aliphatic heterocycles. The molecule has 0 fully saturated rings. The summed E-state index contributed by atoms with van der Waals surface area (Å²) in [6.45, 7) is 2.19. The second kappa shape index (κ2) is 5.80. The maximum absolute atomic E-state index is 4.30. The third-order valence-corrected chi connectivity index (χ3v) is 2.62. The van der Waals surface area contributed by atoms with Crippen LogP contribution in [0.5, 0.6) is 0 Å². The molecule has 0 aromatic carbocycles. The maximum Gasteiger partial charge on any atom is 0.223 e. The summed E-state index contributed by atoms with van der Waals surface area (Å²) in [6, 6.07) is 1.95. The lowest BCUT2D eigenvalue weighted by Gasteiger charge is -2.01. The Morgan fingerprint density at radius 3 is 3.08 bits per heavy atom. The molecule has 72 valence electrons. The van der Waals surface area contributed by atoms with Gasteiger partial charge < -0.3 is 5.32 Å². The van der Waals surface area contributed by atoms with E-state index in [1.165, 1.54) is 12.8 Å². The largest absolute Gasteiger partial charge is 0.357 e. The van der Waals surface area contributed by atoms with Crippen molar-refractivity contribution in [3.8, 4) is 0 Å². The standard InChI is InChI=1S/C9H15N3S/c1-3-4-7-13-8-5-6-11-9(10-2)12-8/h5-6H,3-4,7H2,1-2H3,(H,10,11,12). The Balaban J connectivity index is 2.46. The Morgan fingerprint density at radius 2 is 2.38 bits per heavy atom. The van der Waals surface area contributed by atoms with Crippen LogP contribution >= 0.6 is 11.8 Å². The zero-order valence-corrected chi connectivity index (χ0v) is 8.90. The van der Waals surface area contributed by atoms with Crippen molar-refractivity contribution in [3.05, 3.63) is 12.3 Å². The van der Waals surface area contributed by atoms with E-state index in [4.69, 9.17) is 0 Å². The van der Waals surface area contributed by atoms with E-state index in [0.717, 1.165) is 10.8 Å². The first-order valence-corrected chi connectivity index (χ1v) is 5.49. The van der Waals surface area contributed by atoms with Crippen LogP contribution in [0.25, 0.3) is 0 Å². The normalized spacial score (nSPS) is 10.0. The van der Waals surface area contributed by atoms with Gasteiger partial charge in [-0.1, -0.05) is 13.3 Å². The minimum atomic E-state index is 0.696. The molecule has 0 aliphatic rings. The van der Waals surface area contributed by atoms with Crippen LogP contribution in [0.1, 0.15) is 19.8 Å². The molecule has 0 spiro atoms. The van der Waals surface area contributed by atoms with Gasteiger partial charge in [-0.15, -0.1) is 11.8 Å². The van der Waals surface area contributed by atoms with Crippen LogP contribution in [-0.2, 0) is 0 Å². The average Bonchev–Trinajstić information content (AvgIpc) is 2.19. The zero-order chi connectivity index (χ0) is 9.52. The van der Waals surface area contributed by atoms with E-state index < -0.39 is 0 Å². The van der Waals surface area contributed by atoms with E-state index >= 15 is 0 Å². The summed E-state index contributed by atoms with van der Waals surface area (Å²) < 4.78 is 0. The number of hydrogen-bond donors (Lipinski definition) is 1. The lowest BCUT2D eigenvalue weighted by Crippen LogP contribution is -1.96. The number of aromatic nitrogens is 2. The van der Waals surface area contributed by atoms with Gasteiger partial charge in [-0.3, -0.25) is 0 Å². The van der Waals surface area contributed by atoms with Crippen molar-refractivity contribution in [3.63, 3.8) is 0 Å². The van der Waals surface area contributed by atoms with Crippen molar-refractivity contribution in [2.24, 2.45) is 0 Å². The number of anilines is 1. The first-order chi connectivity index (χ1) is 6.36. The molecule has 1 rings (SSSR count). The Labute approximate surface area is 83.4 Å². The Morgan fingerprint density at radius 1 is 1.54 bits per heavy atom. The molecule has 1 heterocycles. The van der Waals surface area contributed by atoms with Crippen molar-refractivity contribution in [1.29, 1.82) is 0 Å². The lowest BCUT2D eigenvalue weighted by molar-refractivity contribution is 0.894. The minimum absolute atomic E-state index is 0.696. The topological polar surface area (TPSA) is 37.8 Å². The highest BCUT2D eigenvalue weighted by atomic mass is 32.2. The molecule has 4 heteroatoms. The number of nitrogens with one attached hydrogen (secondary N) is 1. The fourth-order valence-electron chi connectivity index (χ4n) is 0.864. The highest BCUT2D eigenvalue weighted by Gasteiger charge is 1.96. The van der Waals surface area contributed by atoms with Gasteiger partial charge in [0.2, 0.25) is 5.95 Å². The highest BCUT2D eigenvalue weighted by molar-refractivity contribution is 7.99. The number of nitrogens with zero attached hydrogens (tertiary/aromatic N) is 2. The molecule has 1 N–H and O–H groups in total. The number of rotatable bonds is 5. The minimum Gasteiger partial charge on any atom is -0.357 e. The quantitative estimate of drug-likeness (QED) is 0.447. The first-order valence-electron chi connectivity index (χ1n) is 4.50. The summed E-state index contributed by atoms with van der Waals surface area (Å²) in [5.41, 5.74) is 0. The van der Waals surface area contributed by atoms with E-state index in [2.05, 4.69) is 22.2 Å². The van der Waals surface area contributed by atoms with Crippen molar-refractivity contribution >= 4 is 17.7 Å². The molecule has 1 aromatic heterocycles. The smallest absolute Gasteiger partial charge is 0.223 e. The maximum atomic E-state index is 4.30. The number of unbranched alkanes of at least 4 members (excludes halogenated alkanes) is 1. The first kappa shape index (κ1) is 10.3. The molecule has 0 aliphatic carbocycles. The third kappa shape index (κ3) is 3.63. The van der Waals surface area contributed by atoms with Gasteiger partial charge in [-0.25, -0.2) is 9.97 Å². The second-order valence-corrected chi connectivity index (χ2v) is 3.79. The predicted molar refractivity (Wildman–Crippen MR) is 57.2 cm³/mol. The summed E-state index contributed by atoms with van der Waals surface area (Å²) in [4.78, 5) is 8.35. The van der Waals surface area contributed by atoms with Crippen LogP contribution in [-0.4, -0.2) is 22.8 Å². The van der Waals surface area contributed by atoms with Gasteiger partial charge >= 0.3 is 0 Å². The number of thioether (sulfide) groups is 1. The van der Waals surface area contributed by atoms with Gasteiger partial charge in [-0.2, -0.15) is 0 Å². The molecule has 0 unspecified atom stereocenters. The molecule has 0 atom stereocenters. The molecule has 1 aromatic rings. The SMILES string of the molecule is CCCCSc1ccnc(NC)n1. The van der Waals surface area contributed by atoms with Crippen molar-refractivity contribution < 1.29 is 0 Å². The molecule has 0 bridgehead atoms. The molecular weight excluding hydrogens is 182 g/mol. The average molecular weight is 197 g/mol.